The molecule has 0 atom stereocenters. The van der Waals surface area contributed by atoms with Crippen molar-refractivity contribution in [1.82, 2.24) is 4.98 Å². The average molecular weight is 365 g/mol. The number of nitrogens with zero attached hydrogens (tertiary/aromatic N) is 1. The molecule has 0 bridgehead atoms. The summed E-state index contributed by atoms with van der Waals surface area (Å²) >= 11 is 9.44. The molecule has 0 amide bonds. The summed E-state index contributed by atoms with van der Waals surface area (Å²) in [6, 6.07) is 15.2. The number of hydrogen-bond acceptors (Lipinski definition) is 3. The first-order valence-corrected chi connectivity index (χ1v) is 7.47. The van der Waals surface area contributed by atoms with Crippen LogP contribution in [0.5, 0.6) is 5.75 Å². The highest BCUT2D eigenvalue weighted by molar-refractivity contribution is 9.10. The van der Waals surface area contributed by atoms with Gasteiger partial charge in [-0.3, -0.25) is 0 Å². The molecule has 0 saturated carbocycles. The summed E-state index contributed by atoms with van der Waals surface area (Å²) < 4.78 is 12.2. The van der Waals surface area contributed by atoms with Gasteiger partial charge in [0, 0.05) is 10.0 Å². The first-order valence-electron chi connectivity index (χ1n) is 6.30. The molecule has 3 aromatic rings. The minimum absolute atomic E-state index is 0.230. The molecule has 5 heteroatoms. The summed E-state index contributed by atoms with van der Waals surface area (Å²) in [6.45, 7) is 0.230. The predicted octanol–water partition coefficient (Wildman–Crippen LogP) is 5.34. The molecule has 0 unspecified atom stereocenters. The summed E-state index contributed by atoms with van der Waals surface area (Å²) in [6.07, 6.45) is 1.69. The monoisotopic (exact) mass is 363 g/mol. The van der Waals surface area contributed by atoms with Crippen molar-refractivity contribution in [3.63, 3.8) is 0 Å². The van der Waals surface area contributed by atoms with Crippen LogP contribution in [0.3, 0.4) is 0 Å². The number of ether oxygens (including phenoxy) is 1. The van der Waals surface area contributed by atoms with Gasteiger partial charge in [0.1, 0.15) is 5.75 Å². The Morgan fingerprint density at radius 3 is 2.71 bits per heavy atom. The van der Waals surface area contributed by atoms with Gasteiger partial charge in [-0.05, 0) is 18.2 Å². The van der Waals surface area contributed by atoms with E-state index in [1.165, 1.54) is 0 Å². The number of benzene rings is 2. The van der Waals surface area contributed by atoms with Crippen LogP contribution in [0, 0.1) is 0 Å². The molecule has 0 spiro atoms. The number of hydrogen-bond donors (Lipinski definition) is 0. The van der Waals surface area contributed by atoms with Crippen molar-refractivity contribution in [3.05, 3.63) is 70.1 Å². The molecule has 0 aliphatic rings. The van der Waals surface area contributed by atoms with Crippen molar-refractivity contribution in [3.8, 4) is 17.1 Å². The van der Waals surface area contributed by atoms with Crippen molar-refractivity contribution in [1.29, 1.82) is 0 Å². The molecule has 0 radical (unpaired) electrons. The molecule has 3 nitrogen and oxygen atoms in total. The lowest BCUT2D eigenvalue weighted by atomic mass is 10.2. The van der Waals surface area contributed by atoms with Gasteiger partial charge in [0.15, 0.2) is 12.4 Å². The third kappa shape index (κ3) is 3.46. The molecule has 2 aromatic carbocycles. The van der Waals surface area contributed by atoms with E-state index < -0.39 is 0 Å². The lowest BCUT2D eigenvalue weighted by Crippen LogP contribution is -1.95. The Hall–Kier alpha value is -1.78. The number of rotatable bonds is 4. The second-order valence-corrected chi connectivity index (χ2v) is 5.67. The van der Waals surface area contributed by atoms with E-state index >= 15 is 0 Å². The van der Waals surface area contributed by atoms with Gasteiger partial charge < -0.3 is 9.15 Å². The van der Waals surface area contributed by atoms with Crippen LogP contribution in [-0.2, 0) is 6.61 Å². The van der Waals surface area contributed by atoms with Crippen molar-refractivity contribution >= 4 is 27.5 Å². The molecule has 0 aliphatic heterocycles. The van der Waals surface area contributed by atoms with E-state index in [2.05, 4.69) is 20.9 Å². The number of aromatic nitrogens is 1. The molecule has 1 heterocycles. The standard InChI is InChI=1S/C16H11BrClNO2/c17-12-6-7-14(13(18)8-12)20-10-16-19-9-15(21-16)11-4-2-1-3-5-11/h1-9H,10H2. The third-order valence-electron chi connectivity index (χ3n) is 2.86. The van der Waals surface area contributed by atoms with Crippen molar-refractivity contribution in [2.24, 2.45) is 0 Å². The minimum atomic E-state index is 0.230. The molecule has 0 saturated heterocycles. The molecular formula is C16H11BrClNO2. The third-order valence-corrected chi connectivity index (χ3v) is 3.65. The Balaban J connectivity index is 1.70. The molecule has 1 aromatic heterocycles. The fraction of sp³-hybridized carbons (Fsp3) is 0.0625. The number of oxazole rings is 1. The van der Waals surface area contributed by atoms with Gasteiger partial charge in [0.05, 0.1) is 11.2 Å². The zero-order valence-corrected chi connectivity index (χ0v) is 13.3. The first kappa shape index (κ1) is 14.2. The van der Waals surface area contributed by atoms with Gasteiger partial charge >= 0.3 is 0 Å². The Morgan fingerprint density at radius 2 is 1.95 bits per heavy atom. The highest BCUT2D eigenvalue weighted by Crippen LogP contribution is 2.28. The quantitative estimate of drug-likeness (QED) is 0.627. The second kappa shape index (κ2) is 6.33. The summed E-state index contributed by atoms with van der Waals surface area (Å²) in [4.78, 5) is 4.21. The normalized spacial score (nSPS) is 10.6. The van der Waals surface area contributed by atoms with Crippen LogP contribution in [0.15, 0.2) is 63.6 Å². The summed E-state index contributed by atoms with van der Waals surface area (Å²) in [7, 11) is 0. The maximum atomic E-state index is 6.09. The minimum Gasteiger partial charge on any atom is -0.482 e. The van der Waals surface area contributed by atoms with Crippen LogP contribution >= 0.6 is 27.5 Å². The average Bonchev–Trinajstić information content (AvgIpc) is 2.96. The van der Waals surface area contributed by atoms with Gasteiger partial charge in [0.25, 0.3) is 0 Å². The van der Waals surface area contributed by atoms with Crippen LogP contribution in [-0.4, -0.2) is 4.98 Å². The van der Waals surface area contributed by atoms with Gasteiger partial charge in [-0.2, -0.15) is 0 Å². The Morgan fingerprint density at radius 1 is 1.14 bits per heavy atom. The van der Waals surface area contributed by atoms with Crippen molar-refractivity contribution < 1.29 is 9.15 Å². The van der Waals surface area contributed by atoms with E-state index in [1.807, 2.05) is 36.4 Å². The number of halogens is 2. The molecule has 0 N–H and O–H groups in total. The Bertz CT molecular complexity index is 743. The second-order valence-electron chi connectivity index (χ2n) is 4.35. The fourth-order valence-corrected chi connectivity index (χ4v) is 2.57. The summed E-state index contributed by atoms with van der Waals surface area (Å²) in [5.74, 6) is 1.82. The topological polar surface area (TPSA) is 35.3 Å². The van der Waals surface area contributed by atoms with Gasteiger partial charge in [-0.25, -0.2) is 4.98 Å². The predicted molar refractivity (Wildman–Crippen MR) is 85.4 cm³/mol. The smallest absolute Gasteiger partial charge is 0.232 e. The fourth-order valence-electron chi connectivity index (χ4n) is 1.84. The maximum absolute atomic E-state index is 6.09. The molecule has 21 heavy (non-hydrogen) atoms. The molecular weight excluding hydrogens is 354 g/mol. The highest BCUT2D eigenvalue weighted by atomic mass is 79.9. The first-order chi connectivity index (χ1) is 10.2. The van der Waals surface area contributed by atoms with Crippen molar-refractivity contribution in [2.75, 3.05) is 0 Å². The molecule has 0 fully saturated rings. The molecule has 106 valence electrons. The largest absolute Gasteiger partial charge is 0.482 e. The van der Waals surface area contributed by atoms with Crippen molar-refractivity contribution in [2.45, 2.75) is 6.61 Å². The highest BCUT2D eigenvalue weighted by Gasteiger charge is 2.08. The molecule has 0 aliphatic carbocycles. The summed E-state index contributed by atoms with van der Waals surface area (Å²) in [5.41, 5.74) is 0.984. The van der Waals surface area contributed by atoms with Gasteiger partial charge in [0.2, 0.25) is 5.89 Å². The van der Waals surface area contributed by atoms with E-state index in [-0.39, 0.29) is 6.61 Å². The van der Waals surface area contributed by atoms with Gasteiger partial charge in [-0.1, -0.05) is 57.9 Å². The van der Waals surface area contributed by atoms with E-state index in [1.54, 1.807) is 18.3 Å². The summed E-state index contributed by atoms with van der Waals surface area (Å²) in [5, 5.41) is 0.541. The Labute approximate surface area is 135 Å². The zero-order valence-electron chi connectivity index (χ0n) is 10.9. The Kier molecular flexibility index (Phi) is 4.27. The van der Waals surface area contributed by atoms with Gasteiger partial charge in [-0.15, -0.1) is 0 Å². The lowest BCUT2D eigenvalue weighted by Gasteiger charge is -2.05. The van der Waals surface area contributed by atoms with Crippen LogP contribution in [0.1, 0.15) is 5.89 Å². The van der Waals surface area contributed by atoms with Crippen LogP contribution in [0.2, 0.25) is 5.02 Å². The van der Waals surface area contributed by atoms with E-state index in [0.29, 0.717) is 16.7 Å². The van der Waals surface area contributed by atoms with Crippen LogP contribution in [0.25, 0.3) is 11.3 Å². The van der Waals surface area contributed by atoms with E-state index in [9.17, 15) is 0 Å². The maximum Gasteiger partial charge on any atom is 0.232 e. The van der Waals surface area contributed by atoms with E-state index in [4.69, 9.17) is 20.8 Å². The van der Waals surface area contributed by atoms with Crippen LogP contribution in [0.4, 0.5) is 0 Å². The SMILES string of the molecule is Clc1cc(Br)ccc1OCc1ncc(-c2ccccc2)o1. The zero-order chi connectivity index (χ0) is 14.7. The molecule has 3 rings (SSSR count). The van der Waals surface area contributed by atoms with E-state index in [0.717, 1.165) is 15.8 Å². The van der Waals surface area contributed by atoms with Crippen LogP contribution < -0.4 is 4.74 Å². The lowest BCUT2D eigenvalue weighted by molar-refractivity contribution is 0.265.